The molecule has 0 aromatic carbocycles. The van der Waals surface area contributed by atoms with Gasteiger partial charge in [-0.25, -0.2) is 0 Å². The van der Waals surface area contributed by atoms with Crippen molar-refractivity contribution in [3.8, 4) is 0 Å². The standard InChI is InChI=1S/C12H17N3O2/c1-8-5-11(16)10(6-13-8)12(17)14-9-3-4-15(2)7-9/h5-6,9H,3-4,7H2,1-2H3,(H,13,16)(H,14,17). The minimum Gasteiger partial charge on any atom is -0.364 e. The number of aryl methyl sites for hydroxylation is 1. The number of carbonyl (C=O) groups excluding carboxylic acids is 1. The molecule has 1 amide bonds. The maximum Gasteiger partial charge on any atom is 0.257 e. The molecule has 1 aliphatic heterocycles. The number of carbonyl (C=O) groups is 1. The molecule has 1 unspecified atom stereocenters. The van der Waals surface area contributed by atoms with Crippen molar-refractivity contribution in [2.45, 2.75) is 19.4 Å². The van der Waals surface area contributed by atoms with Crippen molar-refractivity contribution in [2.75, 3.05) is 20.1 Å². The van der Waals surface area contributed by atoms with Crippen LogP contribution in [0, 0.1) is 6.92 Å². The van der Waals surface area contributed by atoms with Crippen molar-refractivity contribution in [3.05, 3.63) is 33.7 Å². The lowest BCUT2D eigenvalue weighted by atomic mass is 10.2. The van der Waals surface area contributed by atoms with E-state index in [1.54, 1.807) is 6.92 Å². The molecule has 1 aliphatic rings. The fourth-order valence-electron chi connectivity index (χ4n) is 2.07. The van der Waals surface area contributed by atoms with Gasteiger partial charge in [0.1, 0.15) is 5.56 Å². The molecular formula is C12H17N3O2. The second-order valence-electron chi connectivity index (χ2n) is 4.62. The molecule has 0 radical (unpaired) electrons. The number of likely N-dealkylation sites (N-methyl/N-ethyl adjacent to an activating group) is 1. The van der Waals surface area contributed by atoms with E-state index < -0.39 is 0 Å². The Balaban J connectivity index is 2.07. The minimum absolute atomic E-state index is 0.146. The Hall–Kier alpha value is -1.62. The van der Waals surface area contributed by atoms with Crippen LogP contribution in [0.5, 0.6) is 0 Å². The molecule has 0 saturated carbocycles. The van der Waals surface area contributed by atoms with Crippen LogP contribution >= 0.6 is 0 Å². The molecule has 1 saturated heterocycles. The lowest BCUT2D eigenvalue weighted by molar-refractivity contribution is 0.0937. The van der Waals surface area contributed by atoms with Gasteiger partial charge in [-0.1, -0.05) is 0 Å². The first-order valence-electron chi connectivity index (χ1n) is 5.75. The third-order valence-electron chi connectivity index (χ3n) is 3.03. The molecule has 0 bridgehead atoms. The van der Waals surface area contributed by atoms with Crippen LogP contribution in [-0.2, 0) is 0 Å². The fraction of sp³-hybridized carbons (Fsp3) is 0.500. The summed E-state index contributed by atoms with van der Waals surface area (Å²) < 4.78 is 0. The molecular weight excluding hydrogens is 218 g/mol. The first-order chi connectivity index (χ1) is 8.06. The van der Waals surface area contributed by atoms with Gasteiger partial charge in [0.05, 0.1) is 0 Å². The summed E-state index contributed by atoms with van der Waals surface area (Å²) in [6.45, 7) is 3.61. The Morgan fingerprint density at radius 1 is 1.59 bits per heavy atom. The first-order valence-corrected chi connectivity index (χ1v) is 5.75. The second kappa shape index (κ2) is 4.71. The summed E-state index contributed by atoms with van der Waals surface area (Å²) in [7, 11) is 2.02. The van der Waals surface area contributed by atoms with Crippen LogP contribution in [0.3, 0.4) is 0 Å². The van der Waals surface area contributed by atoms with Gasteiger partial charge >= 0.3 is 0 Å². The number of nitrogens with one attached hydrogen (secondary N) is 2. The number of hydrogen-bond donors (Lipinski definition) is 2. The average Bonchev–Trinajstić information content (AvgIpc) is 2.63. The van der Waals surface area contributed by atoms with Crippen LogP contribution in [0.1, 0.15) is 22.5 Å². The zero-order chi connectivity index (χ0) is 12.4. The van der Waals surface area contributed by atoms with Gasteiger partial charge in [-0.15, -0.1) is 0 Å². The van der Waals surface area contributed by atoms with Crippen molar-refractivity contribution in [3.63, 3.8) is 0 Å². The number of nitrogens with zero attached hydrogens (tertiary/aromatic N) is 1. The van der Waals surface area contributed by atoms with Gasteiger partial charge < -0.3 is 15.2 Å². The van der Waals surface area contributed by atoms with Gasteiger partial charge in [0.25, 0.3) is 5.91 Å². The number of aromatic nitrogens is 1. The van der Waals surface area contributed by atoms with Crippen molar-refractivity contribution < 1.29 is 4.79 Å². The summed E-state index contributed by atoms with van der Waals surface area (Å²) in [5, 5.41) is 2.89. The van der Waals surface area contributed by atoms with E-state index in [1.807, 2.05) is 7.05 Å². The molecule has 1 aromatic rings. The highest BCUT2D eigenvalue weighted by Gasteiger charge is 2.22. The van der Waals surface area contributed by atoms with Crippen LogP contribution in [0.15, 0.2) is 17.1 Å². The maximum atomic E-state index is 11.9. The molecule has 2 rings (SSSR count). The van der Waals surface area contributed by atoms with Gasteiger partial charge in [0.15, 0.2) is 5.43 Å². The average molecular weight is 235 g/mol. The van der Waals surface area contributed by atoms with Gasteiger partial charge in [-0.05, 0) is 26.9 Å². The zero-order valence-electron chi connectivity index (χ0n) is 10.1. The summed E-state index contributed by atoms with van der Waals surface area (Å²) in [6, 6.07) is 1.59. The van der Waals surface area contributed by atoms with Crippen molar-refractivity contribution in [2.24, 2.45) is 0 Å². The quantitative estimate of drug-likeness (QED) is 0.765. The summed E-state index contributed by atoms with van der Waals surface area (Å²) >= 11 is 0. The van der Waals surface area contributed by atoms with Gasteiger partial charge in [0, 0.05) is 30.5 Å². The third kappa shape index (κ3) is 2.74. The van der Waals surface area contributed by atoms with Crippen molar-refractivity contribution >= 4 is 5.91 Å². The highest BCUT2D eigenvalue weighted by molar-refractivity contribution is 5.94. The predicted molar refractivity (Wildman–Crippen MR) is 65.2 cm³/mol. The first kappa shape index (κ1) is 11.9. The number of rotatable bonds is 2. The highest BCUT2D eigenvalue weighted by atomic mass is 16.2. The van der Waals surface area contributed by atoms with Crippen LogP contribution < -0.4 is 10.7 Å². The van der Waals surface area contributed by atoms with Crippen LogP contribution in [0.25, 0.3) is 0 Å². The molecule has 0 aliphatic carbocycles. The van der Waals surface area contributed by atoms with E-state index in [0.29, 0.717) is 0 Å². The molecule has 2 heterocycles. The monoisotopic (exact) mass is 235 g/mol. The van der Waals surface area contributed by atoms with E-state index in [9.17, 15) is 9.59 Å². The Labute approximate surface area is 99.8 Å². The SMILES string of the molecule is Cc1cc(=O)c(C(=O)NC2CCN(C)C2)c[nH]1. The molecule has 92 valence electrons. The number of hydrogen-bond acceptors (Lipinski definition) is 3. The Bertz CT molecular complexity index is 481. The van der Waals surface area contributed by atoms with Crippen LogP contribution in [0.4, 0.5) is 0 Å². The van der Waals surface area contributed by atoms with Crippen molar-refractivity contribution in [1.82, 2.24) is 15.2 Å². The molecule has 1 fully saturated rings. The summed E-state index contributed by atoms with van der Waals surface area (Å²) in [5.74, 6) is -0.286. The molecule has 17 heavy (non-hydrogen) atoms. The van der Waals surface area contributed by atoms with E-state index in [2.05, 4.69) is 15.2 Å². The van der Waals surface area contributed by atoms with Gasteiger partial charge in [0.2, 0.25) is 0 Å². The lowest BCUT2D eigenvalue weighted by Crippen LogP contribution is -2.38. The van der Waals surface area contributed by atoms with Crippen LogP contribution in [-0.4, -0.2) is 42.0 Å². The second-order valence-corrected chi connectivity index (χ2v) is 4.62. The number of likely N-dealkylation sites (tertiary alicyclic amines) is 1. The Morgan fingerprint density at radius 2 is 2.35 bits per heavy atom. The van der Waals surface area contributed by atoms with Gasteiger partial charge in [-0.3, -0.25) is 9.59 Å². The Morgan fingerprint density at radius 3 is 2.94 bits per heavy atom. The van der Waals surface area contributed by atoms with E-state index in [4.69, 9.17) is 0 Å². The fourth-order valence-corrected chi connectivity index (χ4v) is 2.07. The minimum atomic E-state index is -0.286. The summed E-state index contributed by atoms with van der Waals surface area (Å²) in [4.78, 5) is 28.6. The number of amides is 1. The smallest absolute Gasteiger partial charge is 0.257 e. The topological polar surface area (TPSA) is 65.2 Å². The predicted octanol–water partition coefficient (Wildman–Crippen LogP) is 0.117. The maximum absolute atomic E-state index is 11.9. The largest absolute Gasteiger partial charge is 0.364 e. The van der Waals surface area contributed by atoms with Crippen LogP contribution in [0.2, 0.25) is 0 Å². The zero-order valence-corrected chi connectivity index (χ0v) is 10.1. The molecule has 2 N–H and O–H groups in total. The van der Waals surface area contributed by atoms with E-state index >= 15 is 0 Å². The molecule has 0 spiro atoms. The van der Waals surface area contributed by atoms with E-state index in [-0.39, 0.29) is 22.9 Å². The van der Waals surface area contributed by atoms with E-state index in [1.165, 1.54) is 12.3 Å². The summed E-state index contributed by atoms with van der Waals surface area (Å²) in [5.41, 5.74) is 0.711. The summed E-state index contributed by atoms with van der Waals surface area (Å²) in [6.07, 6.45) is 2.41. The molecule has 5 nitrogen and oxygen atoms in total. The number of aromatic amines is 1. The number of pyridine rings is 1. The van der Waals surface area contributed by atoms with E-state index in [0.717, 1.165) is 25.2 Å². The lowest BCUT2D eigenvalue weighted by Gasteiger charge is -2.12. The van der Waals surface area contributed by atoms with Crippen molar-refractivity contribution in [1.29, 1.82) is 0 Å². The normalized spacial score (nSPS) is 20.5. The molecule has 1 aromatic heterocycles. The highest BCUT2D eigenvalue weighted by Crippen LogP contribution is 2.06. The number of H-pyrrole nitrogens is 1. The molecule has 1 atom stereocenters. The Kier molecular flexibility index (Phi) is 3.28. The molecule has 5 heteroatoms. The third-order valence-corrected chi connectivity index (χ3v) is 3.03. The van der Waals surface area contributed by atoms with Gasteiger partial charge in [-0.2, -0.15) is 0 Å².